The second-order valence-electron chi connectivity index (χ2n) is 6.16. The smallest absolute Gasteiger partial charge is 0.258 e. The molecule has 1 aromatic rings. The summed E-state index contributed by atoms with van der Waals surface area (Å²) >= 11 is 0. The highest BCUT2D eigenvalue weighted by Gasteiger charge is 2.39. The molecule has 7 nitrogen and oxygen atoms in total. The minimum Gasteiger partial charge on any atom is -0.497 e. The van der Waals surface area contributed by atoms with E-state index in [0.29, 0.717) is 17.7 Å². The lowest BCUT2D eigenvalue weighted by molar-refractivity contribution is -0.124. The van der Waals surface area contributed by atoms with Gasteiger partial charge in [-0.1, -0.05) is 0 Å². The molecule has 8 heteroatoms. The number of methoxy groups -OCH3 is 1. The number of hydrogen-bond acceptors (Lipinski definition) is 6. The Morgan fingerprint density at radius 1 is 1.33 bits per heavy atom. The zero-order valence-corrected chi connectivity index (χ0v) is 14.7. The van der Waals surface area contributed by atoms with Crippen LogP contribution in [0.1, 0.15) is 30.6 Å². The maximum Gasteiger partial charge on any atom is 0.258 e. The van der Waals surface area contributed by atoms with Crippen LogP contribution in [0.4, 0.5) is 0 Å². The van der Waals surface area contributed by atoms with E-state index in [4.69, 9.17) is 9.47 Å². The summed E-state index contributed by atoms with van der Waals surface area (Å²) in [5.74, 6) is 0.109. The second kappa shape index (κ2) is 6.80. The minimum absolute atomic E-state index is 0.0645. The second-order valence-corrected chi connectivity index (χ2v) is 8.34. The number of hydrogen-bond donors (Lipinski definition) is 1. The summed E-state index contributed by atoms with van der Waals surface area (Å²) in [6.07, 6.45) is 0.374. The third kappa shape index (κ3) is 4.47. The third-order valence-corrected chi connectivity index (χ3v) is 5.77. The van der Waals surface area contributed by atoms with Crippen LogP contribution in [0.3, 0.4) is 0 Å². The van der Waals surface area contributed by atoms with Crippen molar-refractivity contribution < 1.29 is 27.5 Å². The van der Waals surface area contributed by atoms with Gasteiger partial charge in [0.05, 0.1) is 29.7 Å². The van der Waals surface area contributed by atoms with Crippen LogP contribution in [0.5, 0.6) is 11.5 Å². The molecule has 0 aromatic heterocycles. The van der Waals surface area contributed by atoms with E-state index in [-0.39, 0.29) is 29.6 Å². The lowest BCUT2D eigenvalue weighted by atomic mass is 10.0. The molecule has 132 valence electrons. The molecule has 24 heavy (non-hydrogen) atoms. The maximum absolute atomic E-state index is 12.1. The van der Waals surface area contributed by atoms with Gasteiger partial charge in [0.2, 0.25) is 0 Å². The molecule has 2 rings (SSSR count). The number of amides is 1. The first kappa shape index (κ1) is 18.3. The first-order chi connectivity index (χ1) is 11.1. The Morgan fingerprint density at radius 2 is 2.04 bits per heavy atom. The monoisotopic (exact) mass is 355 g/mol. The number of carbonyl (C=O) groups is 2. The van der Waals surface area contributed by atoms with Crippen molar-refractivity contribution in [2.45, 2.75) is 25.8 Å². The van der Waals surface area contributed by atoms with Crippen LogP contribution in [0.15, 0.2) is 18.2 Å². The molecule has 0 aliphatic carbocycles. The fraction of sp³-hybridized carbons (Fsp3) is 0.500. The van der Waals surface area contributed by atoms with Crippen molar-refractivity contribution in [2.75, 3.05) is 25.2 Å². The van der Waals surface area contributed by atoms with Crippen molar-refractivity contribution in [1.82, 2.24) is 5.32 Å². The summed E-state index contributed by atoms with van der Waals surface area (Å²) in [5.41, 5.74) is -0.435. The Balaban J connectivity index is 2.03. The number of carbonyl (C=O) groups excluding carboxylic acids is 2. The van der Waals surface area contributed by atoms with Gasteiger partial charge in [0.15, 0.2) is 22.2 Å². The highest BCUT2D eigenvalue weighted by molar-refractivity contribution is 7.91. The number of Topliss-reactive ketones (excluding diaryl/α,β-unsaturated/α-hetero) is 1. The third-order valence-electron chi connectivity index (χ3n) is 3.87. The number of sulfone groups is 1. The molecular weight excluding hydrogens is 334 g/mol. The van der Waals surface area contributed by atoms with E-state index in [0.717, 1.165) is 0 Å². The summed E-state index contributed by atoms with van der Waals surface area (Å²) in [6, 6.07) is 4.74. The van der Waals surface area contributed by atoms with Crippen molar-refractivity contribution in [3.8, 4) is 11.5 Å². The van der Waals surface area contributed by atoms with Crippen molar-refractivity contribution >= 4 is 21.5 Å². The molecule has 1 unspecified atom stereocenters. The lowest BCUT2D eigenvalue weighted by Gasteiger charge is -2.24. The maximum atomic E-state index is 12.1. The van der Waals surface area contributed by atoms with Crippen LogP contribution in [0.2, 0.25) is 0 Å². The predicted octanol–water partition coefficient (Wildman–Crippen LogP) is 0.970. The van der Waals surface area contributed by atoms with E-state index in [2.05, 4.69) is 5.32 Å². The molecule has 1 saturated heterocycles. The summed E-state index contributed by atoms with van der Waals surface area (Å²) in [7, 11) is -1.62. The normalized spacial score (nSPS) is 22.0. The number of ketones is 1. The molecule has 1 fully saturated rings. The number of nitrogens with one attached hydrogen (secondary N) is 1. The summed E-state index contributed by atoms with van der Waals surface area (Å²) < 4.78 is 33.7. The molecule has 0 bridgehead atoms. The Hall–Kier alpha value is -2.09. The van der Waals surface area contributed by atoms with Gasteiger partial charge in [-0.2, -0.15) is 0 Å². The van der Waals surface area contributed by atoms with Gasteiger partial charge in [-0.05, 0) is 32.4 Å². The van der Waals surface area contributed by atoms with Crippen LogP contribution < -0.4 is 14.8 Å². The SMILES string of the molecule is COc1ccc(C(C)=O)c(OCC(=O)NC2(C)CCS(=O)(=O)C2)c1. The first-order valence-corrected chi connectivity index (χ1v) is 9.29. The van der Waals surface area contributed by atoms with E-state index < -0.39 is 21.3 Å². The lowest BCUT2D eigenvalue weighted by Crippen LogP contribution is -2.48. The molecular formula is C16H21NO6S. The Labute approximate surface area is 141 Å². The van der Waals surface area contributed by atoms with Gasteiger partial charge in [-0.25, -0.2) is 8.42 Å². The van der Waals surface area contributed by atoms with Gasteiger partial charge in [0.1, 0.15) is 11.5 Å². The molecule has 1 heterocycles. The van der Waals surface area contributed by atoms with Crippen molar-refractivity contribution in [1.29, 1.82) is 0 Å². The minimum atomic E-state index is -3.11. The molecule has 1 aliphatic heterocycles. The Morgan fingerprint density at radius 3 is 2.58 bits per heavy atom. The first-order valence-electron chi connectivity index (χ1n) is 7.47. The fourth-order valence-corrected chi connectivity index (χ4v) is 4.76. The summed E-state index contributed by atoms with van der Waals surface area (Å²) in [6.45, 7) is 2.78. The fourth-order valence-electron chi connectivity index (χ4n) is 2.66. The molecule has 0 spiro atoms. The molecule has 1 aromatic carbocycles. The number of benzene rings is 1. The zero-order valence-electron chi connectivity index (χ0n) is 13.9. The molecule has 1 aliphatic rings. The highest BCUT2D eigenvalue weighted by atomic mass is 32.2. The van der Waals surface area contributed by atoms with E-state index in [1.165, 1.54) is 20.1 Å². The molecule has 1 N–H and O–H groups in total. The van der Waals surface area contributed by atoms with Gasteiger partial charge in [-0.15, -0.1) is 0 Å². The quantitative estimate of drug-likeness (QED) is 0.764. The van der Waals surface area contributed by atoms with Crippen molar-refractivity contribution in [2.24, 2.45) is 0 Å². The average Bonchev–Trinajstić information content (AvgIpc) is 2.77. The number of rotatable bonds is 6. The highest BCUT2D eigenvalue weighted by Crippen LogP contribution is 2.26. The van der Waals surface area contributed by atoms with E-state index in [1.807, 2.05) is 0 Å². The largest absolute Gasteiger partial charge is 0.497 e. The van der Waals surface area contributed by atoms with Crippen molar-refractivity contribution in [3.05, 3.63) is 23.8 Å². The molecule has 1 amide bonds. The topological polar surface area (TPSA) is 98.8 Å². The van der Waals surface area contributed by atoms with Crippen LogP contribution >= 0.6 is 0 Å². The molecule has 1 atom stereocenters. The standard InChI is InChI=1S/C16H21NO6S/c1-11(18)13-5-4-12(22-3)8-14(13)23-9-15(19)17-16(2)6-7-24(20,21)10-16/h4-5,8H,6-7,9-10H2,1-3H3,(H,17,19). The van der Waals surface area contributed by atoms with Crippen molar-refractivity contribution in [3.63, 3.8) is 0 Å². The van der Waals surface area contributed by atoms with E-state index in [1.54, 1.807) is 19.1 Å². The average molecular weight is 355 g/mol. The molecule has 0 radical (unpaired) electrons. The van der Waals surface area contributed by atoms with Crippen LogP contribution in [-0.4, -0.2) is 50.9 Å². The van der Waals surface area contributed by atoms with E-state index >= 15 is 0 Å². The van der Waals surface area contributed by atoms with Gasteiger partial charge in [0.25, 0.3) is 5.91 Å². The summed E-state index contributed by atoms with van der Waals surface area (Å²) in [5, 5.41) is 2.70. The Kier molecular flexibility index (Phi) is 5.17. The van der Waals surface area contributed by atoms with Gasteiger partial charge >= 0.3 is 0 Å². The van der Waals surface area contributed by atoms with E-state index in [9.17, 15) is 18.0 Å². The van der Waals surface area contributed by atoms with Gasteiger partial charge in [0, 0.05) is 6.07 Å². The van der Waals surface area contributed by atoms with Crippen LogP contribution in [0.25, 0.3) is 0 Å². The zero-order chi connectivity index (χ0) is 18.0. The van der Waals surface area contributed by atoms with Crippen LogP contribution in [0, 0.1) is 0 Å². The van der Waals surface area contributed by atoms with Gasteiger partial charge < -0.3 is 14.8 Å². The Bertz CT molecular complexity index is 758. The predicted molar refractivity (Wildman–Crippen MR) is 88.3 cm³/mol. The molecule has 0 saturated carbocycles. The summed E-state index contributed by atoms with van der Waals surface area (Å²) in [4.78, 5) is 23.7. The number of ether oxygens (including phenoxy) is 2. The van der Waals surface area contributed by atoms with Gasteiger partial charge in [-0.3, -0.25) is 9.59 Å². The van der Waals surface area contributed by atoms with Crippen LogP contribution in [-0.2, 0) is 14.6 Å².